The van der Waals surface area contributed by atoms with Gasteiger partial charge in [0, 0.05) is 0 Å². The van der Waals surface area contributed by atoms with Crippen molar-refractivity contribution in [1.29, 1.82) is 0 Å². The Balaban J connectivity index is 2.39. The SMILES string of the molecule is C=C[P+]1([O-])Oc2ccccc2O1. The maximum atomic E-state index is 11.5. The second-order valence-electron chi connectivity index (χ2n) is 2.35. The van der Waals surface area contributed by atoms with E-state index in [4.69, 9.17) is 9.05 Å². The zero-order valence-corrected chi connectivity index (χ0v) is 7.16. The van der Waals surface area contributed by atoms with E-state index in [1.54, 1.807) is 24.3 Å². The van der Waals surface area contributed by atoms with Gasteiger partial charge in [-0.2, -0.15) is 0 Å². The van der Waals surface area contributed by atoms with Gasteiger partial charge in [0.25, 0.3) is 0 Å². The van der Waals surface area contributed by atoms with Crippen molar-refractivity contribution in [3.8, 4) is 11.5 Å². The lowest BCUT2D eigenvalue weighted by Crippen LogP contribution is -2.13. The summed E-state index contributed by atoms with van der Waals surface area (Å²) in [5.41, 5.74) is 0. The Hall–Kier alpha value is -1.05. The number of benzene rings is 1. The molecule has 4 heteroatoms. The number of para-hydroxylation sites is 2. The smallest absolute Gasteiger partial charge is 0.358 e. The van der Waals surface area contributed by atoms with Crippen LogP contribution >= 0.6 is 7.94 Å². The molecule has 0 atom stereocenters. The molecule has 0 amide bonds. The van der Waals surface area contributed by atoms with Gasteiger partial charge in [0.05, 0.1) is 0 Å². The highest BCUT2D eigenvalue weighted by molar-refractivity contribution is 7.63. The van der Waals surface area contributed by atoms with Crippen LogP contribution in [0, 0.1) is 0 Å². The fraction of sp³-hybridized carbons (Fsp3) is 0. The van der Waals surface area contributed by atoms with Gasteiger partial charge in [-0.05, 0) is 12.1 Å². The van der Waals surface area contributed by atoms with Gasteiger partial charge in [-0.25, -0.2) is 0 Å². The molecule has 0 N–H and O–H groups in total. The van der Waals surface area contributed by atoms with Crippen molar-refractivity contribution in [3.63, 3.8) is 0 Å². The first-order chi connectivity index (χ1) is 5.73. The third-order valence-electron chi connectivity index (χ3n) is 1.52. The van der Waals surface area contributed by atoms with E-state index in [1.165, 1.54) is 5.82 Å². The van der Waals surface area contributed by atoms with Crippen molar-refractivity contribution < 1.29 is 13.9 Å². The summed E-state index contributed by atoms with van der Waals surface area (Å²) < 4.78 is 10.1. The lowest BCUT2D eigenvalue weighted by atomic mass is 10.3. The predicted molar refractivity (Wildman–Crippen MR) is 44.8 cm³/mol. The molecule has 3 nitrogen and oxygen atoms in total. The maximum Gasteiger partial charge on any atom is 0.358 e. The van der Waals surface area contributed by atoms with Crippen molar-refractivity contribution in [2.45, 2.75) is 0 Å². The van der Waals surface area contributed by atoms with Gasteiger partial charge in [0.1, 0.15) is 5.82 Å². The van der Waals surface area contributed by atoms with Crippen LogP contribution in [0.2, 0.25) is 0 Å². The fourth-order valence-electron chi connectivity index (χ4n) is 0.968. The molecule has 1 aromatic rings. The highest BCUT2D eigenvalue weighted by atomic mass is 31.2. The number of fused-ring (bicyclic) bond motifs is 1. The molecule has 1 aliphatic heterocycles. The van der Waals surface area contributed by atoms with Crippen LogP contribution < -0.4 is 13.9 Å². The molecule has 0 bridgehead atoms. The Morgan fingerprint density at radius 3 is 2.17 bits per heavy atom. The van der Waals surface area contributed by atoms with Crippen LogP contribution in [0.5, 0.6) is 11.5 Å². The quantitative estimate of drug-likeness (QED) is 0.621. The summed E-state index contributed by atoms with van der Waals surface area (Å²) in [5, 5.41) is 0. The van der Waals surface area contributed by atoms with Crippen molar-refractivity contribution in [1.82, 2.24) is 0 Å². The van der Waals surface area contributed by atoms with Crippen LogP contribution in [-0.4, -0.2) is 0 Å². The monoisotopic (exact) mass is 182 g/mol. The molecule has 0 unspecified atom stereocenters. The van der Waals surface area contributed by atoms with E-state index in [9.17, 15) is 4.89 Å². The standard InChI is InChI=1S/C8H7O3P/c1-2-12(9)10-7-5-3-4-6-8(7)11-12/h2-6H,1H2. The Labute approximate surface area is 70.8 Å². The summed E-state index contributed by atoms with van der Waals surface area (Å²) in [6, 6.07) is 7.00. The Kier molecular flexibility index (Phi) is 1.56. The zero-order chi connectivity index (χ0) is 8.60. The maximum absolute atomic E-state index is 11.5. The summed E-state index contributed by atoms with van der Waals surface area (Å²) in [4.78, 5) is 11.5. The highest BCUT2D eigenvalue weighted by Crippen LogP contribution is 2.61. The van der Waals surface area contributed by atoms with Crippen LogP contribution in [-0.2, 0) is 0 Å². The lowest BCUT2D eigenvalue weighted by molar-refractivity contribution is -0.195. The van der Waals surface area contributed by atoms with E-state index in [2.05, 4.69) is 6.58 Å². The highest BCUT2D eigenvalue weighted by Gasteiger charge is 2.38. The molecule has 12 heavy (non-hydrogen) atoms. The van der Waals surface area contributed by atoms with Crippen LogP contribution in [0.15, 0.2) is 36.7 Å². The van der Waals surface area contributed by atoms with Gasteiger partial charge < -0.3 is 13.9 Å². The lowest BCUT2D eigenvalue weighted by Gasteiger charge is -2.14. The molecule has 0 spiro atoms. The second-order valence-corrected chi connectivity index (χ2v) is 4.16. The van der Waals surface area contributed by atoms with Crippen molar-refractivity contribution >= 4 is 7.94 Å². The van der Waals surface area contributed by atoms with E-state index in [0.29, 0.717) is 11.5 Å². The third kappa shape index (κ3) is 1.07. The minimum absolute atomic E-state index is 0.515. The normalized spacial score (nSPS) is 17.4. The first-order valence-electron chi connectivity index (χ1n) is 3.45. The average molecular weight is 182 g/mol. The zero-order valence-electron chi connectivity index (χ0n) is 6.27. The molecular formula is C8H7O3P. The topological polar surface area (TPSA) is 41.5 Å². The number of rotatable bonds is 1. The van der Waals surface area contributed by atoms with E-state index in [0.717, 1.165) is 0 Å². The second kappa shape index (κ2) is 2.47. The average Bonchev–Trinajstić information content (AvgIpc) is 2.42. The number of hydrogen-bond donors (Lipinski definition) is 0. The molecule has 0 saturated heterocycles. The van der Waals surface area contributed by atoms with Gasteiger partial charge in [-0.1, -0.05) is 18.7 Å². The van der Waals surface area contributed by atoms with Gasteiger partial charge in [0.15, 0.2) is 0 Å². The first kappa shape index (κ1) is 7.59. The largest absolute Gasteiger partial charge is 0.613 e. The summed E-state index contributed by atoms with van der Waals surface area (Å²) in [7, 11) is -3.07. The molecule has 0 saturated carbocycles. The summed E-state index contributed by atoms with van der Waals surface area (Å²) in [5.74, 6) is 2.23. The molecule has 1 aliphatic rings. The molecule has 2 rings (SSSR count). The Morgan fingerprint density at radius 2 is 1.75 bits per heavy atom. The van der Waals surface area contributed by atoms with Gasteiger partial charge in [-0.15, -0.1) is 0 Å². The summed E-state index contributed by atoms with van der Waals surface area (Å²) in [6.07, 6.45) is 0. The summed E-state index contributed by atoms with van der Waals surface area (Å²) >= 11 is 0. The van der Waals surface area contributed by atoms with E-state index >= 15 is 0 Å². The Morgan fingerprint density at radius 1 is 1.25 bits per heavy atom. The van der Waals surface area contributed by atoms with Crippen LogP contribution in [0.3, 0.4) is 0 Å². The van der Waals surface area contributed by atoms with E-state index in [1.807, 2.05) is 0 Å². The number of hydrogen-bond acceptors (Lipinski definition) is 3. The molecule has 0 aliphatic carbocycles. The molecule has 0 radical (unpaired) electrons. The summed E-state index contributed by atoms with van der Waals surface area (Å²) in [6.45, 7) is 3.38. The Bertz CT molecular complexity index is 299. The van der Waals surface area contributed by atoms with Crippen molar-refractivity contribution in [3.05, 3.63) is 36.7 Å². The molecule has 0 aromatic heterocycles. The van der Waals surface area contributed by atoms with Gasteiger partial charge in [-0.3, -0.25) is 0 Å². The predicted octanol–water partition coefficient (Wildman–Crippen LogP) is 1.72. The minimum Gasteiger partial charge on any atom is -0.613 e. The van der Waals surface area contributed by atoms with Crippen molar-refractivity contribution in [2.24, 2.45) is 0 Å². The molecule has 62 valence electrons. The van der Waals surface area contributed by atoms with Crippen molar-refractivity contribution in [2.75, 3.05) is 0 Å². The van der Waals surface area contributed by atoms with Crippen LogP contribution in [0.1, 0.15) is 0 Å². The van der Waals surface area contributed by atoms with Crippen LogP contribution in [0.4, 0.5) is 0 Å². The first-order valence-corrected chi connectivity index (χ1v) is 5.06. The van der Waals surface area contributed by atoms with E-state index < -0.39 is 7.94 Å². The van der Waals surface area contributed by atoms with Crippen LogP contribution in [0.25, 0.3) is 0 Å². The van der Waals surface area contributed by atoms with E-state index in [-0.39, 0.29) is 0 Å². The van der Waals surface area contributed by atoms with Gasteiger partial charge in [0.2, 0.25) is 11.5 Å². The minimum atomic E-state index is -3.07. The fourth-order valence-corrected chi connectivity index (χ4v) is 2.00. The molecule has 1 heterocycles. The molecule has 0 fully saturated rings. The molecule has 1 aromatic carbocycles. The third-order valence-corrected chi connectivity index (χ3v) is 2.87. The van der Waals surface area contributed by atoms with Gasteiger partial charge >= 0.3 is 7.94 Å². The molecular weight excluding hydrogens is 175 g/mol.